The maximum absolute atomic E-state index is 13.2. The van der Waals surface area contributed by atoms with Crippen LogP contribution < -0.4 is 0 Å². The highest BCUT2D eigenvalue weighted by molar-refractivity contribution is 6.32. The van der Waals surface area contributed by atoms with Crippen LogP contribution in [0.1, 0.15) is 41.7 Å². The van der Waals surface area contributed by atoms with E-state index in [1.165, 1.54) is 12.1 Å². The van der Waals surface area contributed by atoms with E-state index in [2.05, 4.69) is 10.3 Å². The van der Waals surface area contributed by atoms with Crippen molar-refractivity contribution in [3.8, 4) is 5.69 Å². The molecule has 0 saturated carbocycles. The minimum Gasteiger partial charge on any atom is -0.374 e. The van der Waals surface area contributed by atoms with Gasteiger partial charge in [-0.3, -0.25) is 4.90 Å². The number of aromatic nitrogens is 3. The van der Waals surface area contributed by atoms with Crippen molar-refractivity contribution in [3.05, 3.63) is 76.1 Å². The van der Waals surface area contributed by atoms with Crippen LogP contribution in [0.4, 0.5) is 13.2 Å². The first-order chi connectivity index (χ1) is 13.8. The highest BCUT2D eigenvalue weighted by Crippen LogP contribution is 2.41. The van der Waals surface area contributed by atoms with Gasteiger partial charge in [-0.2, -0.15) is 13.2 Å². The molecule has 0 saturated heterocycles. The third kappa shape index (κ3) is 3.52. The van der Waals surface area contributed by atoms with Gasteiger partial charge >= 0.3 is 6.18 Å². The molecule has 0 fully saturated rings. The zero-order chi connectivity index (χ0) is 20.8. The normalized spacial score (nSPS) is 18.5. The molecule has 0 amide bonds. The predicted molar refractivity (Wildman–Crippen MR) is 102 cm³/mol. The minimum absolute atomic E-state index is 0.0236. The van der Waals surface area contributed by atoms with Crippen molar-refractivity contribution < 1.29 is 18.3 Å². The van der Waals surface area contributed by atoms with Gasteiger partial charge in [0, 0.05) is 18.5 Å². The topological polar surface area (TPSA) is 54.2 Å². The Bertz CT molecular complexity index is 1020. The molecule has 1 aliphatic rings. The number of fused-ring (bicyclic) bond motifs is 1. The number of rotatable bonds is 3. The lowest BCUT2D eigenvalue weighted by Crippen LogP contribution is -2.38. The molecule has 2 unspecified atom stereocenters. The van der Waals surface area contributed by atoms with E-state index in [9.17, 15) is 18.3 Å². The first-order valence-electron chi connectivity index (χ1n) is 9.08. The van der Waals surface area contributed by atoms with Crippen LogP contribution >= 0.6 is 11.6 Å². The van der Waals surface area contributed by atoms with Crippen molar-refractivity contribution in [1.29, 1.82) is 0 Å². The predicted octanol–water partition coefficient (Wildman–Crippen LogP) is 4.55. The lowest BCUT2D eigenvalue weighted by atomic mass is 10.0. The SMILES string of the molecule is CC1c2c(nnn2-c2ccccc2)CCN1C(O)c1cccc(C(F)(F)F)c1Cl. The van der Waals surface area contributed by atoms with Crippen molar-refractivity contribution in [3.63, 3.8) is 0 Å². The minimum atomic E-state index is -4.59. The third-order valence-electron chi connectivity index (χ3n) is 5.21. The van der Waals surface area contributed by atoms with E-state index in [1.807, 2.05) is 37.3 Å². The Labute approximate surface area is 170 Å². The quantitative estimate of drug-likeness (QED) is 0.672. The van der Waals surface area contributed by atoms with Crippen LogP contribution in [0, 0.1) is 0 Å². The number of alkyl halides is 3. The summed E-state index contributed by atoms with van der Waals surface area (Å²) in [4.78, 5) is 1.70. The van der Waals surface area contributed by atoms with Crippen molar-refractivity contribution in [1.82, 2.24) is 19.9 Å². The fourth-order valence-electron chi connectivity index (χ4n) is 3.74. The number of halogens is 4. The van der Waals surface area contributed by atoms with E-state index in [1.54, 1.807) is 9.58 Å². The summed E-state index contributed by atoms with van der Waals surface area (Å²) in [7, 11) is 0. The molecule has 0 spiro atoms. The van der Waals surface area contributed by atoms with Gasteiger partial charge in [0.15, 0.2) is 0 Å². The number of benzene rings is 2. The van der Waals surface area contributed by atoms with Crippen molar-refractivity contribution in [2.45, 2.75) is 31.8 Å². The standard InChI is InChI=1S/C20H18ClF3N4O/c1-12-18-16(25-26-28(18)13-6-3-2-4-7-13)10-11-27(12)19(29)14-8-5-9-15(17(14)21)20(22,23)24/h2-9,12,19,29H,10-11H2,1H3. The molecule has 1 aliphatic heterocycles. The molecule has 3 aromatic rings. The Morgan fingerprint density at radius 2 is 1.86 bits per heavy atom. The highest BCUT2D eigenvalue weighted by Gasteiger charge is 2.38. The summed E-state index contributed by atoms with van der Waals surface area (Å²) >= 11 is 6.02. The number of hydrogen-bond acceptors (Lipinski definition) is 4. The van der Waals surface area contributed by atoms with Crippen molar-refractivity contribution in [2.24, 2.45) is 0 Å². The van der Waals surface area contributed by atoms with E-state index in [0.29, 0.717) is 13.0 Å². The number of aliphatic hydroxyl groups excluding tert-OH is 1. The van der Waals surface area contributed by atoms with E-state index >= 15 is 0 Å². The van der Waals surface area contributed by atoms with Gasteiger partial charge in [0.25, 0.3) is 0 Å². The van der Waals surface area contributed by atoms with Gasteiger partial charge in [0.2, 0.25) is 0 Å². The summed E-state index contributed by atoms with van der Waals surface area (Å²) in [5.74, 6) is 0. The smallest absolute Gasteiger partial charge is 0.374 e. The van der Waals surface area contributed by atoms with Gasteiger partial charge in [-0.25, -0.2) is 4.68 Å². The van der Waals surface area contributed by atoms with Gasteiger partial charge in [0.1, 0.15) is 6.23 Å². The Balaban J connectivity index is 1.70. The molecule has 152 valence electrons. The maximum Gasteiger partial charge on any atom is 0.417 e. The van der Waals surface area contributed by atoms with Crippen molar-refractivity contribution in [2.75, 3.05) is 6.54 Å². The van der Waals surface area contributed by atoms with Gasteiger partial charge in [0.05, 0.1) is 33.7 Å². The van der Waals surface area contributed by atoms with Gasteiger partial charge < -0.3 is 5.11 Å². The first-order valence-corrected chi connectivity index (χ1v) is 9.46. The summed E-state index contributed by atoms with van der Waals surface area (Å²) in [5.41, 5.74) is 1.48. The zero-order valence-electron chi connectivity index (χ0n) is 15.4. The number of aliphatic hydroxyl groups is 1. The fourth-order valence-corrected chi connectivity index (χ4v) is 4.07. The van der Waals surface area contributed by atoms with Gasteiger partial charge in [-0.1, -0.05) is 47.1 Å². The molecule has 2 heterocycles. The van der Waals surface area contributed by atoms with Crippen LogP contribution in [0.3, 0.4) is 0 Å². The average molecular weight is 423 g/mol. The molecular weight excluding hydrogens is 405 g/mol. The molecular formula is C20H18ClF3N4O. The Morgan fingerprint density at radius 1 is 1.14 bits per heavy atom. The molecule has 1 N–H and O–H groups in total. The number of hydrogen-bond donors (Lipinski definition) is 1. The van der Waals surface area contributed by atoms with Crippen LogP contribution in [0.5, 0.6) is 0 Å². The maximum atomic E-state index is 13.2. The largest absolute Gasteiger partial charge is 0.417 e. The zero-order valence-corrected chi connectivity index (χ0v) is 16.2. The van der Waals surface area contributed by atoms with Gasteiger partial charge in [-0.15, -0.1) is 5.10 Å². The fraction of sp³-hybridized carbons (Fsp3) is 0.300. The second kappa shape index (κ2) is 7.44. The highest BCUT2D eigenvalue weighted by atomic mass is 35.5. The molecule has 0 bridgehead atoms. The van der Waals surface area contributed by atoms with E-state index < -0.39 is 23.0 Å². The summed E-state index contributed by atoms with van der Waals surface area (Å²) < 4.78 is 41.3. The Kier molecular flexibility index (Phi) is 5.10. The molecule has 5 nitrogen and oxygen atoms in total. The van der Waals surface area contributed by atoms with Crippen LogP contribution in [-0.4, -0.2) is 31.5 Å². The van der Waals surface area contributed by atoms with Crippen molar-refractivity contribution >= 4 is 11.6 Å². The Morgan fingerprint density at radius 3 is 2.55 bits per heavy atom. The first kappa shape index (κ1) is 19.9. The average Bonchev–Trinajstić information content (AvgIpc) is 3.13. The molecule has 9 heteroatoms. The van der Waals surface area contributed by atoms with E-state index in [0.717, 1.165) is 23.1 Å². The van der Waals surface area contributed by atoms with Gasteiger partial charge in [-0.05, 0) is 25.1 Å². The lowest BCUT2D eigenvalue weighted by molar-refractivity contribution is -0.137. The second-order valence-electron chi connectivity index (χ2n) is 6.91. The molecule has 29 heavy (non-hydrogen) atoms. The molecule has 2 atom stereocenters. The summed E-state index contributed by atoms with van der Waals surface area (Å²) in [6.07, 6.45) is -5.38. The lowest BCUT2D eigenvalue weighted by Gasteiger charge is -2.37. The van der Waals surface area contributed by atoms with Crippen LogP contribution in [0.25, 0.3) is 5.69 Å². The summed E-state index contributed by atoms with van der Waals surface area (Å²) in [6.45, 7) is 2.28. The monoisotopic (exact) mass is 422 g/mol. The summed E-state index contributed by atoms with van der Waals surface area (Å²) in [6, 6.07) is 12.7. The molecule has 0 radical (unpaired) electrons. The third-order valence-corrected chi connectivity index (χ3v) is 5.63. The van der Waals surface area contributed by atoms with Crippen LogP contribution in [0.15, 0.2) is 48.5 Å². The molecule has 4 rings (SSSR count). The van der Waals surface area contributed by atoms with Crippen LogP contribution in [0.2, 0.25) is 5.02 Å². The molecule has 0 aliphatic carbocycles. The number of para-hydroxylation sites is 1. The van der Waals surface area contributed by atoms with Crippen LogP contribution in [-0.2, 0) is 12.6 Å². The Hall–Kier alpha value is -2.42. The summed E-state index contributed by atoms with van der Waals surface area (Å²) in [5, 5.41) is 18.9. The van der Waals surface area contributed by atoms with E-state index in [4.69, 9.17) is 11.6 Å². The number of nitrogens with zero attached hydrogens (tertiary/aromatic N) is 4. The molecule has 1 aromatic heterocycles. The second-order valence-corrected chi connectivity index (χ2v) is 7.29. The molecule has 2 aromatic carbocycles. The van der Waals surface area contributed by atoms with E-state index in [-0.39, 0.29) is 11.6 Å².